The highest BCUT2D eigenvalue weighted by Crippen LogP contribution is 2.11. The maximum atomic E-state index is 12.6. The van der Waals surface area contributed by atoms with Crippen molar-refractivity contribution in [2.45, 2.75) is 26.9 Å². The summed E-state index contributed by atoms with van der Waals surface area (Å²) < 4.78 is 3.03. The summed E-state index contributed by atoms with van der Waals surface area (Å²) in [6.07, 6.45) is 1.64. The number of nitrogens with zero attached hydrogens (tertiary/aromatic N) is 6. The van der Waals surface area contributed by atoms with Crippen molar-refractivity contribution in [2.75, 3.05) is 0 Å². The van der Waals surface area contributed by atoms with E-state index in [1.54, 1.807) is 17.7 Å². The minimum Gasteiger partial charge on any atom is -0.299 e. The summed E-state index contributed by atoms with van der Waals surface area (Å²) in [7, 11) is 0. The van der Waals surface area contributed by atoms with Crippen LogP contribution in [0.3, 0.4) is 0 Å². The van der Waals surface area contributed by atoms with Crippen LogP contribution in [0.5, 0.6) is 0 Å². The molecule has 1 amide bonds. The number of aromatic nitrogens is 5. The number of benzene rings is 2. The molecule has 4 rings (SSSR count). The van der Waals surface area contributed by atoms with E-state index in [1.807, 2.05) is 61.5 Å². The van der Waals surface area contributed by atoms with Gasteiger partial charge in [-0.25, -0.2) is 15.1 Å². The Hall–Kier alpha value is -4.14. The van der Waals surface area contributed by atoms with E-state index in [9.17, 15) is 9.59 Å². The minimum atomic E-state index is -0.325. The molecule has 0 saturated heterocycles. The first-order valence-electron chi connectivity index (χ1n) is 9.75. The molecule has 0 unspecified atom stereocenters. The fraction of sp³-hybridized carbons (Fsp3) is 0.182. The first-order valence-corrected chi connectivity index (χ1v) is 9.75. The van der Waals surface area contributed by atoms with Crippen molar-refractivity contribution < 1.29 is 4.79 Å². The summed E-state index contributed by atoms with van der Waals surface area (Å²) in [4.78, 5) is 29.2. The van der Waals surface area contributed by atoms with Gasteiger partial charge < -0.3 is 0 Å². The van der Waals surface area contributed by atoms with Gasteiger partial charge in [-0.2, -0.15) is 5.10 Å². The van der Waals surface area contributed by atoms with Gasteiger partial charge in [-0.15, -0.1) is 5.10 Å². The van der Waals surface area contributed by atoms with Gasteiger partial charge in [0.25, 0.3) is 11.5 Å². The molecule has 2 aromatic heterocycles. The SMILES string of the molecule is C/C(=N/NC(=O)Cn1cc(Cn2c(=O)c(C)nc3ccccc32)nn1)c1ccccc1. The Labute approximate surface area is 178 Å². The second-order valence-corrected chi connectivity index (χ2v) is 7.08. The van der Waals surface area contributed by atoms with Crippen LogP contribution in [0.2, 0.25) is 0 Å². The maximum absolute atomic E-state index is 12.6. The van der Waals surface area contributed by atoms with Gasteiger partial charge >= 0.3 is 0 Å². The fourth-order valence-electron chi connectivity index (χ4n) is 3.20. The molecule has 0 aliphatic carbocycles. The molecule has 2 aromatic carbocycles. The Kier molecular flexibility index (Phi) is 5.65. The van der Waals surface area contributed by atoms with Crippen LogP contribution in [0, 0.1) is 6.92 Å². The number of hydrazone groups is 1. The molecular formula is C22H21N7O2. The smallest absolute Gasteiger partial charge is 0.272 e. The van der Waals surface area contributed by atoms with Gasteiger partial charge in [0, 0.05) is 0 Å². The lowest BCUT2D eigenvalue weighted by Crippen LogP contribution is -2.25. The quantitative estimate of drug-likeness (QED) is 0.382. The summed E-state index contributed by atoms with van der Waals surface area (Å²) in [5, 5.41) is 12.2. The molecule has 31 heavy (non-hydrogen) atoms. The van der Waals surface area contributed by atoms with Crippen LogP contribution < -0.4 is 11.0 Å². The molecular weight excluding hydrogens is 394 g/mol. The second kappa shape index (κ2) is 8.70. The first kappa shape index (κ1) is 20.1. The van der Waals surface area contributed by atoms with Crippen molar-refractivity contribution in [3.05, 3.63) is 88.1 Å². The third-order valence-corrected chi connectivity index (χ3v) is 4.77. The Morgan fingerprint density at radius 1 is 1.10 bits per heavy atom. The standard InChI is InChI=1S/C22H21N7O2/c1-15(17-8-4-3-5-9-17)24-26-21(30)14-28-12-18(25-27-28)13-29-20-11-7-6-10-19(20)23-16(2)22(29)31/h3-12H,13-14H2,1-2H3,(H,26,30)/b24-15-. The summed E-state index contributed by atoms with van der Waals surface area (Å²) in [5.41, 5.74) is 6.40. The van der Waals surface area contributed by atoms with Crippen molar-refractivity contribution in [3.8, 4) is 0 Å². The van der Waals surface area contributed by atoms with Crippen LogP contribution in [0.15, 0.2) is 70.7 Å². The first-order chi connectivity index (χ1) is 15.0. The lowest BCUT2D eigenvalue weighted by atomic mass is 10.1. The van der Waals surface area contributed by atoms with E-state index in [0.29, 0.717) is 17.1 Å². The van der Waals surface area contributed by atoms with E-state index in [0.717, 1.165) is 16.6 Å². The number of hydrogen-bond donors (Lipinski definition) is 1. The number of para-hydroxylation sites is 2. The zero-order valence-corrected chi connectivity index (χ0v) is 17.2. The topological polar surface area (TPSA) is 107 Å². The molecule has 0 saturated carbocycles. The summed E-state index contributed by atoms with van der Waals surface area (Å²) >= 11 is 0. The van der Waals surface area contributed by atoms with Gasteiger partial charge in [-0.05, 0) is 31.5 Å². The molecule has 0 radical (unpaired) electrons. The van der Waals surface area contributed by atoms with Crippen molar-refractivity contribution in [3.63, 3.8) is 0 Å². The van der Waals surface area contributed by atoms with E-state index in [2.05, 4.69) is 25.8 Å². The highest BCUT2D eigenvalue weighted by atomic mass is 16.2. The lowest BCUT2D eigenvalue weighted by Gasteiger charge is -2.09. The van der Waals surface area contributed by atoms with E-state index in [1.165, 1.54) is 4.68 Å². The molecule has 0 aliphatic heterocycles. The summed E-state index contributed by atoms with van der Waals surface area (Å²) in [6.45, 7) is 3.70. The molecule has 0 fully saturated rings. The molecule has 9 nitrogen and oxygen atoms in total. The van der Waals surface area contributed by atoms with Crippen LogP contribution in [-0.4, -0.2) is 36.2 Å². The molecule has 156 valence electrons. The van der Waals surface area contributed by atoms with E-state index in [-0.39, 0.29) is 24.6 Å². The van der Waals surface area contributed by atoms with Gasteiger partial charge in [0.05, 0.1) is 29.5 Å². The number of fused-ring (bicyclic) bond motifs is 1. The molecule has 1 N–H and O–H groups in total. The monoisotopic (exact) mass is 415 g/mol. The van der Waals surface area contributed by atoms with Crippen molar-refractivity contribution in [2.24, 2.45) is 5.10 Å². The maximum Gasteiger partial charge on any atom is 0.272 e. The molecule has 2 heterocycles. The zero-order valence-electron chi connectivity index (χ0n) is 17.2. The average Bonchev–Trinajstić information content (AvgIpc) is 3.22. The summed E-state index contributed by atoms with van der Waals surface area (Å²) in [6, 6.07) is 17.0. The van der Waals surface area contributed by atoms with E-state index in [4.69, 9.17) is 0 Å². The van der Waals surface area contributed by atoms with Gasteiger partial charge in [-0.1, -0.05) is 47.7 Å². The largest absolute Gasteiger partial charge is 0.299 e. The van der Waals surface area contributed by atoms with Crippen molar-refractivity contribution in [1.82, 2.24) is 30.0 Å². The predicted molar refractivity (Wildman–Crippen MR) is 117 cm³/mol. The molecule has 0 spiro atoms. The van der Waals surface area contributed by atoms with E-state index >= 15 is 0 Å². The normalized spacial score (nSPS) is 11.6. The van der Waals surface area contributed by atoms with E-state index < -0.39 is 0 Å². The molecule has 0 bridgehead atoms. The predicted octanol–water partition coefficient (Wildman–Crippen LogP) is 1.89. The van der Waals surface area contributed by atoms with Crippen LogP contribution in [0.4, 0.5) is 0 Å². The Bertz CT molecular complexity index is 1320. The molecule has 4 aromatic rings. The van der Waals surface area contributed by atoms with Crippen LogP contribution in [0.1, 0.15) is 23.9 Å². The summed E-state index contributed by atoms with van der Waals surface area (Å²) in [5.74, 6) is -0.325. The van der Waals surface area contributed by atoms with Crippen LogP contribution >= 0.6 is 0 Å². The number of aryl methyl sites for hydroxylation is 1. The van der Waals surface area contributed by atoms with Crippen LogP contribution in [0.25, 0.3) is 11.0 Å². The van der Waals surface area contributed by atoms with Crippen LogP contribution in [-0.2, 0) is 17.9 Å². The number of amides is 1. The Morgan fingerprint density at radius 2 is 1.84 bits per heavy atom. The number of nitrogens with one attached hydrogen (secondary N) is 1. The van der Waals surface area contributed by atoms with Gasteiger partial charge in [0.2, 0.25) is 0 Å². The highest BCUT2D eigenvalue weighted by Gasteiger charge is 2.11. The van der Waals surface area contributed by atoms with Gasteiger partial charge in [0.15, 0.2) is 0 Å². The number of rotatable bonds is 6. The van der Waals surface area contributed by atoms with Crippen molar-refractivity contribution >= 4 is 22.7 Å². The number of carbonyl (C=O) groups is 1. The molecule has 0 atom stereocenters. The second-order valence-electron chi connectivity index (χ2n) is 7.08. The van der Waals surface area contributed by atoms with Gasteiger partial charge in [-0.3, -0.25) is 14.2 Å². The Morgan fingerprint density at radius 3 is 2.65 bits per heavy atom. The number of hydrogen-bond acceptors (Lipinski definition) is 6. The molecule has 0 aliphatic rings. The average molecular weight is 415 g/mol. The third-order valence-electron chi connectivity index (χ3n) is 4.77. The Balaban J connectivity index is 1.46. The minimum absolute atomic E-state index is 0.0381. The number of carbonyl (C=O) groups excluding carboxylic acids is 1. The fourth-order valence-corrected chi connectivity index (χ4v) is 3.20. The highest BCUT2D eigenvalue weighted by molar-refractivity contribution is 5.99. The molecule has 9 heteroatoms. The van der Waals surface area contributed by atoms with Gasteiger partial charge in [0.1, 0.15) is 17.9 Å². The van der Waals surface area contributed by atoms with Crippen molar-refractivity contribution in [1.29, 1.82) is 0 Å². The third kappa shape index (κ3) is 4.55. The zero-order chi connectivity index (χ0) is 21.8. The lowest BCUT2D eigenvalue weighted by molar-refractivity contribution is -0.121.